The second-order valence-corrected chi connectivity index (χ2v) is 5.24. The second kappa shape index (κ2) is 4.96. The maximum Gasteiger partial charge on any atom is 0.188 e. The molecule has 0 unspecified atom stereocenters. The first-order chi connectivity index (χ1) is 7.66. The number of hydrogen-bond acceptors (Lipinski definition) is 1. The van der Waals surface area contributed by atoms with Crippen molar-refractivity contribution in [1.82, 2.24) is 0 Å². The number of hydrogen-bond donors (Lipinski definition) is 0. The van der Waals surface area contributed by atoms with Crippen LogP contribution in [0, 0.1) is 6.92 Å². The van der Waals surface area contributed by atoms with Crippen molar-refractivity contribution in [2.45, 2.75) is 32.6 Å². The van der Waals surface area contributed by atoms with Gasteiger partial charge in [-0.1, -0.05) is 22.0 Å². The molecule has 0 bridgehead atoms. The minimum absolute atomic E-state index is 0.198. The Bertz CT molecular complexity index is 426. The molecular formula is C14H15BrO. The second-order valence-electron chi connectivity index (χ2n) is 4.32. The van der Waals surface area contributed by atoms with Gasteiger partial charge in [0.2, 0.25) is 0 Å². The molecular weight excluding hydrogens is 264 g/mol. The molecule has 1 aliphatic rings. The molecule has 0 fully saturated rings. The van der Waals surface area contributed by atoms with Gasteiger partial charge in [0, 0.05) is 10.0 Å². The summed E-state index contributed by atoms with van der Waals surface area (Å²) in [6.07, 6.45) is 6.44. The summed E-state index contributed by atoms with van der Waals surface area (Å²) in [5.74, 6) is 0.198. The lowest BCUT2D eigenvalue weighted by Gasteiger charge is -2.12. The lowest BCUT2D eigenvalue weighted by Crippen LogP contribution is -2.06. The fourth-order valence-corrected chi connectivity index (χ4v) is 2.70. The van der Waals surface area contributed by atoms with Crippen LogP contribution in [0.4, 0.5) is 0 Å². The Balaban J connectivity index is 2.29. The highest BCUT2D eigenvalue weighted by Gasteiger charge is 2.14. The first-order valence-electron chi connectivity index (χ1n) is 5.68. The molecule has 84 valence electrons. The summed E-state index contributed by atoms with van der Waals surface area (Å²) in [5.41, 5.74) is 2.91. The van der Waals surface area contributed by atoms with E-state index in [2.05, 4.69) is 22.0 Å². The van der Waals surface area contributed by atoms with Crippen LogP contribution in [0.3, 0.4) is 0 Å². The van der Waals surface area contributed by atoms with Crippen molar-refractivity contribution in [1.29, 1.82) is 0 Å². The summed E-state index contributed by atoms with van der Waals surface area (Å²) in [6.45, 7) is 2.01. The first-order valence-corrected chi connectivity index (χ1v) is 6.47. The van der Waals surface area contributed by atoms with Gasteiger partial charge < -0.3 is 0 Å². The van der Waals surface area contributed by atoms with Crippen LogP contribution in [-0.4, -0.2) is 5.78 Å². The van der Waals surface area contributed by atoms with Crippen LogP contribution in [0.15, 0.2) is 34.3 Å². The quantitative estimate of drug-likeness (QED) is 0.731. The minimum atomic E-state index is 0.198. The lowest BCUT2D eigenvalue weighted by atomic mass is 9.92. The van der Waals surface area contributed by atoms with Crippen LogP contribution in [0.25, 0.3) is 0 Å². The number of carbonyl (C=O) groups excluding carboxylic acids is 1. The summed E-state index contributed by atoms with van der Waals surface area (Å²) in [4.78, 5) is 12.2. The van der Waals surface area contributed by atoms with E-state index in [9.17, 15) is 4.79 Å². The zero-order valence-electron chi connectivity index (χ0n) is 9.42. The molecule has 0 heterocycles. The van der Waals surface area contributed by atoms with Crippen LogP contribution in [0.1, 0.15) is 41.6 Å². The van der Waals surface area contributed by atoms with E-state index in [1.54, 1.807) is 0 Å². The maximum atomic E-state index is 12.2. The van der Waals surface area contributed by atoms with E-state index < -0.39 is 0 Å². The Morgan fingerprint density at radius 1 is 1.25 bits per heavy atom. The lowest BCUT2D eigenvalue weighted by molar-refractivity contribution is 0.102. The Hall–Kier alpha value is -0.890. The Morgan fingerprint density at radius 2 is 2.06 bits per heavy atom. The third kappa shape index (κ3) is 2.62. The Kier molecular flexibility index (Phi) is 3.59. The van der Waals surface area contributed by atoms with Crippen molar-refractivity contribution in [3.05, 3.63) is 45.4 Å². The van der Waals surface area contributed by atoms with Crippen molar-refractivity contribution in [3.8, 4) is 0 Å². The van der Waals surface area contributed by atoms with Gasteiger partial charge in [0.05, 0.1) is 0 Å². The number of aryl methyl sites for hydroxylation is 1. The van der Waals surface area contributed by atoms with Crippen LogP contribution >= 0.6 is 15.9 Å². The van der Waals surface area contributed by atoms with Gasteiger partial charge in [-0.05, 0) is 61.9 Å². The number of ketones is 1. The number of halogens is 1. The first kappa shape index (κ1) is 11.6. The molecule has 1 nitrogen and oxygen atoms in total. The van der Waals surface area contributed by atoms with Crippen LogP contribution in [0.5, 0.6) is 0 Å². The average molecular weight is 279 g/mol. The van der Waals surface area contributed by atoms with Gasteiger partial charge in [-0.25, -0.2) is 0 Å². The molecule has 0 saturated heterocycles. The molecule has 1 aliphatic carbocycles. The number of rotatable bonds is 2. The monoisotopic (exact) mass is 278 g/mol. The topological polar surface area (TPSA) is 17.1 Å². The number of allylic oxidation sites excluding steroid dienone is 2. The molecule has 0 aliphatic heterocycles. The zero-order valence-corrected chi connectivity index (χ0v) is 11.0. The Morgan fingerprint density at radius 3 is 2.69 bits per heavy atom. The SMILES string of the molecule is Cc1cc(Br)cc(C(=O)C2=CCCCC2)c1. The van der Waals surface area contributed by atoms with Gasteiger partial charge in [0.15, 0.2) is 5.78 Å². The van der Waals surface area contributed by atoms with E-state index in [-0.39, 0.29) is 5.78 Å². The summed E-state index contributed by atoms with van der Waals surface area (Å²) >= 11 is 3.43. The molecule has 1 aromatic carbocycles. The highest BCUT2D eigenvalue weighted by atomic mass is 79.9. The molecule has 0 saturated carbocycles. The average Bonchev–Trinajstić information content (AvgIpc) is 2.28. The van der Waals surface area contributed by atoms with Crippen LogP contribution in [0.2, 0.25) is 0 Å². The number of carbonyl (C=O) groups is 1. The molecule has 1 aromatic rings. The minimum Gasteiger partial charge on any atom is -0.289 e. The number of benzene rings is 1. The largest absolute Gasteiger partial charge is 0.289 e. The van der Waals surface area contributed by atoms with E-state index in [0.717, 1.165) is 40.4 Å². The third-order valence-electron chi connectivity index (χ3n) is 2.89. The molecule has 2 heteroatoms. The predicted octanol–water partition coefficient (Wildman–Crippen LogP) is 4.44. The molecule has 0 spiro atoms. The third-order valence-corrected chi connectivity index (χ3v) is 3.34. The van der Waals surface area contributed by atoms with E-state index in [1.165, 1.54) is 6.42 Å². The number of Topliss-reactive ketones (excluding diaryl/α,β-unsaturated/α-hetero) is 1. The fourth-order valence-electron chi connectivity index (χ4n) is 2.10. The van der Waals surface area contributed by atoms with E-state index in [0.29, 0.717) is 0 Å². The van der Waals surface area contributed by atoms with Gasteiger partial charge in [0.25, 0.3) is 0 Å². The summed E-state index contributed by atoms with van der Waals surface area (Å²) in [7, 11) is 0. The van der Waals surface area contributed by atoms with E-state index in [4.69, 9.17) is 0 Å². The highest BCUT2D eigenvalue weighted by Crippen LogP contribution is 2.23. The summed E-state index contributed by atoms with van der Waals surface area (Å²) in [5, 5.41) is 0. The van der Waals surface area contributed by atoms with Gasteiger partial charge in [-0.2, -0.15) is 0 Å². The van der Waals surface area contributed by atoms with Crippen molar-refractivity contribution < 1.29 is 4.79 Å². The normalized spacial score (nSPS) is 15.8. The van der Waals surface area contributed by atoms with Crippen molar-refractivity contribution >= 4 is 21.7 Å². The molecule has 0 N–H and O–H groups in total. The van der Waals surface area contributed by atoms with Crippen LogP contribution in [-0.2, 0) is 0 Å². The molecule has 0 atom stereocenters. The summed E-state index contributed by atoms with van der Waals surface area (Å²) in [6, 6.07) is 5.89. The molecule has 0 amide bonds. The van der Waals surface area contributed by atoms with E-state index >= 15 is 0 Å². The van der Waals surface area contributed by atoms with Crippen molar-refractivity contribution in [3.63, 3.8) is 0 Å². The van der Waals surface area contributed by atoms with Gasteiger partial charge >= 0.3 is 0 Å². The van der Waals surface area contributed by atoms with Crippen molar-refractivity contribution in [2.75, 3.05) is 0 Å². The van der Waals surface area contributed by atoms with E-state index in [1.807, 2.05) is 25.1 Å². The molecule has 0 radical (unpaired) electrons. The van der Waals surface area contributed by atoms with Gasteiger partial charge in [-0.15, -0.1) is 0 Å². The molecule has 0 aromatic heterocycles. The predicted molar refractivity (Wildman–Crippen MR) is 69.8 cm³/mol. The Labute approximate surface area is 105 Å². The highest BCUT2D eigenvalue weighted by molar-refractivity contribution is 9.10. The van der Waals surface area contributed by atoms with Crippen LogP contribution < -0.4 is 0 Å². The van der Waals surface area contributed by atoms with Gasteiger partial charge in [0.1, 0.15) is 0 Å². The standard InChI is InChI=1S/C14H15BrO/c1-10-7-12(9-13(15)8-10)14(16)11-5-3-2-4-6-11/h5,7-9H,2-4,6H2,1H3. The smallest absolute Gasteiger partial charge is 0.188 e. The zero-order chi connectivity index (χ0) is 11.5. The van der Waals surface area contributed by atoms with Gasteiger partial charge in [-0.3, -0.25) is 4.79 Å². The molecule has 16 heavy (non-hydrogen) atoms. The molecule has 2 rings (SSSR count). The maximum absolute atomic E-state index is 12.2. The fraction of sp³-hybridized carbons (Fsp3) is 0.357. The summed E-state index contributed by atoms with van der Waals surface area (Å²) < 4.78 is 0.979. The van der Waals surface area contributed by atoms with Crippen molar-refractivity contribution in [2.24, 2.45) is 0 Å².